The van der Waals surface area contributed by atoms with Crippen LogP contribution in [0.4, 0.5) is 0 Å². The number of nitrogens with zero attached hydrogens (tertiary/aromatic N) is 2. The maximum atomic E-state index is 13.1. The Bertz CT molecular complexity index is 1290. The predicted molar refractivity (Wildman–Crippen MR) is 131 cm³/mol. The van der Waals surface area contributed by atoms with Gasteiger partial charge in [-0.1, -0.05) is 6.07 Å². The highest BCUT2D eigenvalue weighted by atomic mass is 16.5. The number of hydrogen-bond donors (Lipinski definition) is 3. The van der Waals surface area contributed by atoms with E-state index in [4.69, 9.17) is 5.73 Å². The van der Waals surface area contributed by atoms with Gasteiger partial charge >= 0.3 is 0 Å². The number of benzene rings is 2. The summed E-state index contributed by atoms with van der Waals surface area (Å²) in [5.74, 6) is 1.07. The van der Waals surface area contributed by atoms with E-state index in [1.54, 1.807) is 30.3 Å². The van der Waals surface area contributed by atoms with E-state index in [1.165, 1.54) is 19.3 Å². The Hall–Kier alpha value is -3.32. The molecule has 1 aromatic heterocycles. The molecule has 4 fully saturated rings. The molecule has 4 N–H and O–H groups in total. The van der Waals surface area contributed by atoms with E-state index in [0.717, 1.165) is 58.5 Å². The van der Waals surface area contributed by atoms with E-state index in [0.29, 0.717) is 18.7 Å². The number of nitrogens with two attached hydrogens (primary N) is 1. The lowest BCUT2D eigenvalue weighted by Crippen LogP contribution is -2.51. The molecule has 4 aliphatic carbocycles. The fourth-order valence-electron chi connectivity index (χ4n) is 7.56. The number of rotatable bonds is 6. The van der Waals surface area contributed by atoms with E-state index in [9.17, 15) is 19.9 Å². The van der Waals surface area contributed by atoms with Crippen LogP contribution in [0.25, 0.3) is 10.9 Å². The van der Waals surface area contributed by atoms with E-state index < -0.39 is 11.8 Å². The average molecular weight is 474 g/mol. The van der Waals surface area contributed by atoms with Crippen molar-refractivity contribution in [2.75, 3.05) is 6.54 Å². The van der Waals surface area contributed by atoms with E-state index in [-0.39, 0.29) is 16.7 Å². The van der Waals surface area contributed by atoms with Crippen LogP contribution < -0.4 is 5.73 Å². The van der Waals surface area contributed by atoms with Crippen LogP contribution in [0.3, 0.4) is 0 Å². The number of carbonyl (C=O) groups is 2. The molecule has 35 heavy (non-hydrogen) atoms. The lowest BCUT2D eigenvalue weighted by atomic mass is 9.49. The molecule has 7 nitrogen and oxygen atoms in total. The summed E-state index contributed by atoms with van der Waals surface area (Å²) >= 11 is 0. The third kappa shape index (κ3) is 3.97. The summed E-state index contributed by atoms with van der Waals surface area (Å²) in [6.45, 7) is 0.830. The number of carbonyl (C=O) groups excluding carboxylic acids is 2. The summed E-state index contributed by atoms with van der Waals surface area (Å²) < 4.78 is 2.00. The molecule has 1 heterocycles. The Morgan fingerprint density at radius 1 is 1.00 bits per heavy atom. The van der Waals surface area contributed by atoms with Gasteiger partial charge in [0.1, 0.15) is 5.75 Å². The normalized spacial score (nSPS) is 26.8. The van der Waals surface area contributed by atoms with Gasteiger partial charge in [-0.3, -0.25) is 14.8 Å². The maximum absolute atomic E-state index is 13.1. The molecule has 0 aliphatic heterocycles. The number of phenolic OH excluding ortho intramolecular Hbond substituents is 1. The van der Waals surface area contributed by atoms with Crippen molar-refractivity contribution in [2.24, 2.45) is 28.9 Å². The molecule has 4 bridgehead atoms. The molecule has 0 radical (unpaired) electrons. The van der Waals surface area contributed by atoms with Gasteiger partial charge < -0.3 is 15.4 Å². The molecule has 0 spiro atoms. The lowest BCUT2D eigenvalue weighted by Gasteiger charge is -2.57. The maximum Gasteiger partial charge on any atom is 0.280 e. The van der Waals surface area contributed by atoms with Gasteiger partial charge in [0.2, 0.25) is 5.91 Å². The van der Waals surface area contributed by atoms with Gasteiger partial charge in [-0.05, 0) is 104 Å². The smallest absolute Gasteiger partial charge is 0.280 e. The largest absolute Gasteiger partial charge is 0.507 e. The quantitative estimate of drug-likeness (QED) is 0.361. The van der Waals surface area contributed by atoms with Crippen LogP contribution >= 0.6 is 0 Å². The number of aromatic nitrogens is 1. The summed E-state index contributed by atoms with van der Waals surface area (Å²) in [5, 5.41) is 23.2. The lowest BCUT2D eigenvalue weighted by molar-refractivity contribution is -0.129. The van der Waals surface area contributed by atoms with Crippen molar-refractivity contribution in [3.8, 4) is 5.75 Å². The first kappa shape index (κ1) is 22.2. The predicted octanol–water partition coefficient (Wildman–Crippen LogP) is 4.54. The molecular formula is C28H31N3O4. The van der Waals surface area contributed by atoms with Gasteiger partial charge in [-0.15, -0.1) is 0 Å². The number of hydroxylamine groups is 2. The second kappa shape index (κ2) is 8.12. The topological polar surface area (TPSA) is 109 Å². The Kier molecular flexibility index (Phi) is 5.14. The van der Waals surface area contributed by atoms with Crippen molar-refractivity contribution >= 4 is 22.7 Å². The summed E-state index contributed by atoms with van der Waals surface area (Å²) in [5.41, 5.74) is 7.73. The van der Waals surface area contributed by atoms with Crippen molar-refractivity contribution in [3.05, 3.63) is 65.4 Å². The zero-order valence-electron chi connectivity index (χ0n) is 19.7. The van der Waals surface area contributed by atoms with Crippen LogP contribution in [-0.2, 0) is 6.54 Å². The van der Waals surface area contributed by atoms with Gasteiger partial charge in [0, 0.05) is 29.2 Å². The fourth-order valence-corrected chi connectivity index (χ4v) is 7.56. The molecule has 2 aromatic carbocycles. The highest BCUT2D eigenvalue weighted by Crippen LogP contribution is 2.60. The molecular weight excluding hydrogens is 442 g/mol. The van der Waals surface area contributed by atoms with Crippen LogP contribution in [0.1, 0.15) is 64.8 Å². The monoisotopic (exact) mass is 473 g/mol. The van der Waals surface area contributed by atoms with Gasteiger partial charge in [-0.25, -0.2) is 5.06 Å². The third-order valence-corrected chi connectivity index (χ3v) is 8.59. The zero-order chi connectivity index (χ0) is 24.3. The first-order valence-electron chi connectivity index (χ1n) is 12.5. The molecule has 7 rings (SSSR count). The van der Waals surface area contributed by atoms with E-state index in [2.05, 4.69) is 0 Å². The minimum absolute atomic E-state index is 0.0264. The van der Waals surface area contributed by atoms with Crippen LogP contribution in [-0.4, -0.2) is 38.3 Å². The van der Waals surface area contributed by atoms with E-state index >= 15 is 0 Å². The molecule has 0 saturated heterocycles. The number of amides is 2. The van der Waals surface area contributed by atoms with Gasteiger partial charge in [0.25, 0.3) is 5.91 Å². The molecule has 7 heteroatoms. The van der Waals surface area contributed by atoms with Crippen molar-refractivity contribution in [1.29, 1.82) is 0 Å². The Morgan fingerprint density at radius 2 is 1.69 bits per heavy atom. The van der Waals surface area contributed by atoms with Crippen LogP contribution in [0, 0.1) is 23.2 Å². The highest BCUT2D eigenvalue weighted by molar-refractivity contribution is 5.97. The molecule has 0 atom stereocenters. The van der Waals surface area contributed by atoms with Crippen molar-refractivity contribution < 1.29 is 19.9 Å². The number of phenols is 1. The zero-order valence-corrected chi connectivity index (χ0v) is 19.7. The Labute approximate surface area is 204 Å². The van der Waals surface area contributed by atoms with Crippen LogP contribution in [0.15, 0.2) is 48.7 Å². The number of hydrogen-bond acceptors (Lipinski definition) is 4. The molecule has 2 amide bonds. The fraction of sp³-hybridized carbons (Fsp3) is 0.429. The Morgan fingerprint density at radius 3 is 2.31 bits per heavy atom. The van der Waals surface area contributed by atoms with Crippen molar-refractivity contribution in [1.82, 2.24) is 9.63 Å². The summed E-state index contributed by atoms with van der Waals surface area (Å²) in [7, 11) is 0. The van der Waals surface area contributed by atoms with Gasteiger partial charge in [0.05, 0.1) is 12.1 Å². The Balaban J connectivity index is 1.17. The number of primary amides is 1. The molecule has 4 saturated carbocycles. The standard InChI is InChI=1S/C28H31N3O4/c29-26(33)22-2-4-24-21(11-22)5-6-30(24)15-17-1-3-23(25(32)10-17)27(34)31(35)16-28-12-18-7-19(13-28)9-20(8-18)14-28/h1-6,10-11,18-20,32,35H,7-9,12-16H2,(H2,29,33). The van der Waals surface area contributed by atoms with Crippen LogP contribution in [0.5, 0.6) is 5.75 Å². The number of fused-ring (bicyclic) bond motifs is 1. The number of aromatic hydroxyl groups is 1. The van der Waals surface area contributed by atoms with E-state index in [1.807, 2.05) is 22.9 Å². The van der Waals surface area contributed by atoms with Crippen molar-refractivity contribution in [2.45, 2.75) is 45.1 Å². The minimum atomic E-state index is -0.546. The summed E-state index contributed by atoms with van der Waals surface area (Å²) in [4.78, 5) is 24.5. The van der Waals surface area contributed by atoms with Gasteiger partial charge in [0.15, 0.2) is 0 Å². The first-order chi connectivity index (χ1) is 16.8. The molecule has 0 unspecified atom stereocenters. The second-order valence-corrected chi connectivity index (χ2v) is 11.2. The summed E-state index contributed by atoms with van der Waals surface area (Å²) in [6.07, 6.45) is 9.13. The van der Waals surface area contributed by atoms with Crippen molar-refractivity contribution in [3.63, 3.8) is 0 Å². The third-order valence-electron chi connectivity index (χ3n) is 8.59. The summed E-state index contributed by atoms with van der Waals surface area (Å²) in [6, 6.07) is 12.2. The van der Waals surface area contributed by atoms with Gasteiger partial charge in [-0.2, -0.15) is 0 Å². The SMILES string of the molecule is NC(=O)c1ccc2c(ccn2Cc2ccc(C(=O)N(O)CC34CC5CC(CC(C5)C3)C4)c(O)c2)c1. The molecule has 3 aromatic rings. The first-order valence-corrected chi connectivity index (χ1v) is 12.5. The van der Waals surface area contributed by atoms with Crippen LogP contribution in [0.2, 0.25) is 0 Å². The molecule has 4 aliphatic rings. The average Bonchev–Trinajstić information content (AvgIpc) is 3.19. The second-order valence-electron chi connectivity index (χ2n) is 11.2. The highest BCUT2D eigenvalue weighted by Gasteiger charge is 2.51. The minimum Gasteiger partial charge on any atom is -0.507 e. The molecule has 182 valence electrons.